The fourth-order valence-electron chi connectivity index (χ4n) is 1.92. The first-order valence-corrected chi connectivity index (χ1v) is 11.1. The predicted molar refractivity (Wildman–Crippen MR) is 88.0 cm³/mol. The van der Waals surface area contributed by atoms with Crippen LogP contribution in [0.4, 0.5) is 0 Å². The second-order valence-corrected chi connectivity index (χ2v) is 12.2. The molecule has 0 spiro atoms. The Labute approximate surface area is 135 Å². The highest BCUT2D eigenvalue weighted by molar-refractivity contribution is 6.76. The van der Waals surface area contributed by atoms with Crippen molar-refractivity contribution in [3.05, 3.63) is 23.1 Å². The summed E-state index contributed by atoms with van der Waals surface area (Å²) in [6, 6.07) is 2.68. The fourth-order valence-corrected chi connectivity index (χ4v) is 2.84. The van der Waals surface area contributed by atoms with Gasteiger partial charge in [-0.25, -0.2) is 14.5 Å². The van der Waals surface area contributed by atoms with E-state index in [9.17, 15) is 4.79 Å². The maximum atomic E-state index is 11.8. The Morgan fingerprint density at radius 3 is 2.77 bits per heavy atom. The lowest BCUT2D eigenvalue weighted by Crippen LogP contribution is -2.22. The molecule has 2 aromatic rings. The molecule has 0 bridgehead atoms. The minimum atomic E-state index is -1.13. The van der Waals surface area contributed by atoms with Gasteiger partial charge in [0.15, 0.2) is 5.69 Å². The minimum absolute atomic E-state index is 0.218. The molecule has 120 valence electrons. The summed E-state index contributed by atoms with van der Waals surface area (Å²) >= 11 is 5.90. The van der Waals surface area contributed by atoms with E-state index in [0.29, 0.717) is 22.7 Å². The zero-order valence-corrected chi connectivity index (χ0v) is 15.0. The number of ether oxygens (including phenoxy) is 2. The highest BCUT2D eigenvalue weighted by Gasteiger charge is 2.19. The molecule has 0 radical (unpaired) electrons. The third-order valence-corrected chi connectivity index (χ3v) is 5.10. The highest BCUT2D eigenvalue weighted by Crippen LogP contribution is 2.21. The molecule has 6 nitrogen and oxygen atoms in total. The molecule has 0 unspecified atom stereocenters. The summed E-state index contributed by atoms with van der Waals surface area (Å²) in [6.07, 6.45) is 1.58. The summed E-state index contributed by atoms with van der Waals surface area (Å²) in [4.78, 5) is 15.9. The van der Waals surface area contributed by atoms with Crippen LogP contribution in [0.25, 0.3) is 10.9 Å². The van der Waals surface area contributed by atoms with Gasteiger partial charge in [-0.3, -0.25) is 0 Å². The number of fused-ring (bicyclic) bond motifs is 1. The van der Waals surface area contributed by atoms with E-state index >= 15 is 0 Å². The van der Waals surface area contributed by atoms with Crippen LogP contribution >= 0.6 is 11.6 Å². The number of carbonyl (C=O) groups excluding carboxylic acids is 1. The molecule has 0 aliphatic carbocycles. The molecule has 2 aromatic heterocycles. The van der Waals surface area contributed by atoms with Crippen LogP contribution in [-0.2, 0) is 16.2 Å². The minimum Gasteiger partial charge on any atom is -0.464 e. The summed E-state index contributed by atoms with van der Waals surface area (Å²) < 4.78 is 12.0. The molecule has 0 amide bonds. The lowest BCUT2D eigenvalue weighted by atomic mass is 10.2. The van der Waals surface area contributed by atoms with Crippen molar-refractivity contribution in [2.45, 2.75) is 32.4 Å². The van der Waals surface area contributed by atoms with Crippen molar-refractivity contribution in [3.63, 3.8) is 0 Å². The number of esters is 1. The van der Waals surface area contributed by atoms with Crippen LogP contribution in [-0.4, -0.2) is 42.5 Å². The van der Waals surface area contributed by atoms with Gasteiger partial charge in [-0.05, 0) is 12.1 Å². The maximum absolute atomic E-state index is 11.8. The average molecular weight is 342 g/mol. The SMILES string of the molecule is COC(=O)c1nn(COCC[Si](C)(C)C)c2cnc(Cl)cc12. The van der Waals surface area contributed by atoms with Crippen LogP contribution in [0.2, 0.25) is 30.8 Å². The van der Waals surface area contributed by atoms with Crippen LogP contribution in [0.1, 0.15) is 10.5 Å². The number of carbonyl (C=O) groups is 1. The molecule has 0 aromatic carbocycles. The van der Waals surface area contributed by atoms with Crippen molar-refractivity contribution in [3.8, 4) is 0 Å². The molecule has 0 fully saturated rings. The first-order valence-electron chi connectivity index (χ1n) is 7.00. The van der Waals surface area contributed by atoms with Gasteiger partial charge in [0.05, 0.1) is 18.8 Å². The molecule has 0 saturated carbocycles. The first-order chi connectivity index (χ1) is 10.3. The van der Waals surface area contributed by atoms with Gasteiger partial charge >= 0.3 is 5.97 Å². The molecular formula is C14H20ClN3O3Si. The van der Waals surface area contributed by atoms with Gasteiger partial charge in [-0.15, -0.1) is 0 Å². The zero-order valence-electron chi connectivity index (χ0n) is 13.2. The molecule has 22 heavy (non-hydrogen) atoms. The molecule has 0 saturated heterocycles. The first kappa shape index (κ1) is 16.9. The van der Waals surface area contributed by atoms with Gasteiger partial charge in [0, 0.05) is 20.1 Å². The summed E-state index contributed by atoms with van der Waals surface area (Å²) in [5.74, 6) is -0.506. The van der Waals surface area contributed by atoms with Gasteiger partial charge in [0.25, 0.3) is 0 Å². The van der Waals surface area contributed by atoms with E-state index in [4.69, 9.17) is 21.1 Å². The van der Waals surface area contributed by atoms with Crippen molar-refractivity contribution < 1.29 is 14.3 Å². The second-order valence-electron chi connectivity index (χ2n) is 6.21. The van der Waals surface area contributed by atoms with Crippen molar-refractivity contribution in [1.29, 1.82) is 0 Å². The standard InChI is InChI=1S/C14H20ClN3O3Si/c1-20-14(19)13-10-7-12(15)16-8-11(10)18(17-13)9-21-5-6-22(2,3)4/h7-8H,5-6,9H2,1-4H3. The molecular weight excluding hydrogens is 322 g/mol. The average Bonchev–Trinajstić information content (AvgIpc) is 2.79. The summed E-state index contributed by atoms with van der Waals surface area (Å²) in [7, 11) is 0.186. The summed E-state index contributed by atoms with van der Waals surface area (Å²) in [5, 5.41) is 5.18. The van der Waals surface area contributed by atoms with Gasteiger partial charge in [-0.1, -0.05) is 31.2 Å². The van der Waals surface area contributed by atoms with E-state index in [1.807, 2.05) is 0 Å². The summed E-state index contributed by atoms with van der Waals surface area (Å²) in [6.45, 7) is 7.82. The largest absolute Gasteiger partial charge is 0.464 e. The normalized spacial score (nSPS) is 11.9. The Bertz CT molecular complexity index is 682. The van der Waals surface area contributed by atoms with Gasteiger partial charge < -0.3 is 9.47 Å². The van der Waals surface area contributed by atoms with Gasteiger partial charge in [-0.2, -0.15) is 5.10 Å². The number of pyridine rings is 1. The van der Waals surface area contributed by atoms with Crippen molar-refractivity contribution in [2.75, 3.05) is 13.7 Å². The van der Waals surface area contributed by atoms with E-state index < -0.39 is 14.0 Å². The molecule has 0 atom stereocenters. The highest BCUT2D eigenvalue weighted by atomic mass is 35.5. The molecule has 2 heterocycles. The summed E-state index contributed by atoms with van der Waals surface area (Å²) in [5.41, 5.74) is 0.911. The zero-order chi connectivity index (χ0) is 16.3. The fraction of sp³-hybridized carbons (Fsp3) is 0.500. The predicted octanol–water partition coefficient (Wildman–Crippen LogP) is 3.18. The number of hydrogen-bond donors (Lipinski definition) is 0. The number of hydrogen-bond acceptors (Lipinski definition) is 5. The van der Waals surface area contributed by atoms with E-state index in [0.717, 1.165) is 6.04 Å². The smallest absolute Gasteiger partial charge is 0.359 e. The van der Waals surface area contributed by atoms with E-state index in [1.165, 1.54) is 7.11 Å². The Balaban J connectivity index is 2.21. The van der Waals surface area contributed by atoms with Crippen LogP contribution in [0, 0.1) is 0 Å². The molecule has 0 aliphatic heterocycles. The number of rotatable bonds is 6. The number of nitrogens with zero attached hydrogens (tertiary/aromatic N) is 3. The maximum Gasteiger partial charge on any atom is 0.359 e. The van der Waals surface area contributed by atoms with Crippen molar-refractivity contribution >= 4 is 36.5 Å². The lowest BCUT2D eigenvalue weighted by Gasteiger charge is -2.15. The molecule has 0 aliphatic rings. The quantitative estimate of drug-likeness (QED) is 0.349. The Morgan fingerprint density at radius 1 is 1.41 bits per heavy atom. The molecule has 8 heteroatoms. The molecule has 0 N–H and O–H groups in total. The monoisotopic (exact) mass is 341 g/mol. The lowest BCUT2D eigenvalue weighted by molar-refractivity contribution is 0.0585. The van der Waals surface area contributed by atoms with E-state index in [-0.39, 0.29) is 12.4 Å². The number of halogens is 1. The van der Waals surface area contributed by atoms with E-state index in [2.05, 4.69) is 29.7 Å². The topological polar surface area (TPSA) is 66.2 Å². The molecule has 2 rings (SSSR count). The van der Waals surface area contributed by atoms with Crippen LogP contribution in [0.15, 0.2) is 12.3 Å². The third-order valence-electron chi connectivity index (χ3n) is 3.19. The Morgan fingerprint density at radius 2 is 2.14 bits per heavy atom. The van der Waals surface area contributed by atoms with Gasteiger partial charge in [0.2, 0.25) is 0 Å². The number of aromatic nitrogens is 3. The Hall–Kier alpha value is -1.44. The third kappa shape index (κ3) is 4.06. The van der Waals surface area contributed by atoms with Crippen LogP contribution in [0.5, 0.6) is 0 Å². The number of methoxy groups -OCH3 is 1. The van der Waals surface area contributed by atoms with Crippen LogP contribution < -0.4 is 0 Å². The van der Waals surface area contributed by atoms with Gasteiger partial charge in [0.1, 0.15) is 11.9 Å². The Kier molecular flexibility index (Phi) is 5.20. The van der Waals surface area contributed by atoms with Crippen LogP contribution in [0.3, 0.4) is 0 Å². The van der Waals surface area contributed by atoms with Crippen molar-refractivity contribution in [2.24, 2.45) is 0 Å². The van der Waals surface area contributed by atoms with E-state index in [1.54, 1.807) is 16.9 Å². The second kappa shape index (κ2) is 6.76. The van der Waals surface area contributed by atoms with Crippen molar-refractivity contribution in [1.82, 2.24) is 14.8 Å².